The lowest BCUT2D eigenvalue weighted by Crippen LogP contribution is -2.60. The van der Waals surface area contributed by atoms with Crippen LogP contribution in [0.2, 0.25) is 0 Å². The third-order valence-corrected chi connectivity index (χ3v) is 7.41. The Labute approximate surface area is 165 Å². The largest absolute Gasteiger partial charge is 0.350 e. The van der Waals surface area contributed by atoms with E-state index in [1.807, 2.05) is 18.2 Å². The Hall–Kier alpha value is -1.75. The van der Waals surface area contributed by atoms with E-state index in [4.69, 9.17) is 0 Å². The van der Waals surface area contributed by atoms with E-state index in [1.165, 1.54) is 31.0 Å². The fraction of sp³-hybridized carbons (Fsp3) is 0.545. The van der Waals surface area contributed by atoms with Gasteiger partial charge in [0.15, 0.2) is 0 Å². The number of hydrogen-bond acceptors (Lipinski definition) is 3. The molecule has 0 unspecified atom stereocenters. The summed E-state index contributed by atoms with van der Waals surface area (Å²) in [4.78, 5) is 25.9. The maximum Gasteiger partial charge on any atom is 0.252 e. The van der Waals surface area contributed by atoms with E-state index in [2.05, 4.69) is 17.2 Å². The van der Waals surface area contributed by atoms with E-state index in [0.29, 0.717) is 17.9 Å². The highest BCUT2D eigenvalue weighted by atomic mass is 32.2. The summed E-state index contributed by atoms with van der Waals surface area (Å²) in [6.07, 6.45) is 9.26. The molecule has 0 saturated heterocycles. The molecule has 4 fully saturated rings. The molecule has 1 aromatic carbocycles. The van der Waals surface area contributed by atoms with Gasteiger partial charge >= 0.3 is 0 Å². The molecule has 2 amide bonds. The van der Waals surface area contributed by atoms with Crippen LogP contribution in [-0.4, -0.2) is 29.7 Å². The normalized spacial score (nSPS) is 30.7. The third kappa shape index (κ3) is 4.08. The Morgan fingerprint density at radius 2 is 1.74 bits per heavy atom. The molecule has 4 bridgehead atoms. The highest BCUT2D eigenvalue weighted by Gasteiger charge is 2.51. The van der Waals surface area contributed by atoms with Crippen LogP contribution >= 0.6 is 11.8 Å². The van der Waals surface area contributed by atoms with Gasteiger partial charge in [0.25, 0.3) is 5.91 Å². The van der Waals surface area contributed by atoms with Gasteiger partial charge in [-0.3, -0.25) is 9.59 Å². The molecule has 4 aliphatic rings. The standard InChI is InChI=1S/C22H28N2O2S/c1-2-7-23-21(26)18-5-3-4-6-19(18)27-14-20(25)24-22-11-15-8-16(12-22)10-17(9-15)13-22/h2-6,15-17H,1,7-14H2,(H,23,26)(H,24,25). The van der Waals surface area contributed by atoms with Gasteiger partial charge in [0, 0.05) is 17.0 Å². The zero-order valence-electron chi connectivity index (χ0n) is 15.7. The van der Waals surface area contributed by atoms with Crippen LogP contribution in [0.25, 0.3) is 0 Å². The van der Waals surface area contributed by atoms with E-state index in [1.54, 1.807) is 12.1 Å². The molecule has 0 heterocycles. The van der Waals surface area contributed by atoms with Gasteiger partial charge < -0.3 is 10.6 Å². The number of amides is 2. The lowest BCUT2D eigenvalue weighted by atomic mass is 9.53. The second-order valence-electron chi connectivity index (χ2n) is 8.53. The smallest absolute Gasteiger partial charge is 0.252 e. The summed E-state index contributed by atoms with van der Waals surface area (Å²) >= 11 is 1.45. The van der Waals surface area contributed by atoms with Crippen LogP contribution < -0.4 is 10.6 Å². The molecule has 144 valence electrons. The van der Waals surface area contributed by atoms with Crippen molar-refractivity contribution < 1.29 is 9.59 Å². The van der Waals surface area contributed by atoms with E-state index in [0.717, 1.165) is 41.9 Å². The van der Waals surface area contributed by atoms with Crippen molar-refractivity contribution in [2.75, 3.05) is 12.3 Å². The number of thioether (sulfide) groups is 1. The van der Waals surface area contributed by atoms with E-state index >= 15 is 0 Å². The van der Waals surface area contributed by atoms with Gasteiger partial charge in [-0.05, 0) is 68.4 Å². The molecule has 5 rings (SSSR count). The number of carbonyl (C=O) groups is 2. The van der Waals surface area contributed by atoms with Crippen molar-refractivity contribution in [1.82, 2.24) is 10.6 Å². The minimum Gasteiger partial charge on any atom is -0.350 e. The Morgan fingerprint density at radius 3 is 2.37 bits per heavy atom. The maximum absolute atomic E-state index is 12.7. The summed E-state index contributed by atoms with van der Waals surface area (Å²) in [7, 11) is 0. The Morgan fingerprint density at radius 1 is 1.11 bits per heavy atom. The lowest BCUT2D eigenvalue weighted by Gasteiger charge is -2.56. The van der Waals surface area contributed by atoms with Crippen molar-refractivity contribution in [3.05, 3.63) is 42.5 Å². The Balaban J connectivity index is 1.36. The predicted octanol–water partition coefficient (Wildman–Crippen LogP) is 3.78. The summed E-state index contributed by atoms with van der Waals surface area (Å²) in [5.41, 5.74) is 0.666. The zero-order valence-corrected chi connectivity index (χ0v) is 16.5. The van der Waals surface area contributed by atoms with Crippen molar-refractivity contribution in [3.63, 3.8) is 0 Å². The second kappa shape index (κ2) is 7.70. The van der Waals surface area contributed by atoms with Crippen molar-refractivity contribution in [3.8, 4) is 0 Å². The number of carbonyl (C=O) groups excluding carboxylic acids is 2. The van der Waals surface area contributed by atoms with Crippen LogP contribution in [0.5, 0.6) is 0 Å². The molecule has 0 aliphatic heterocycles. The average molecular weight is 385 g/mol. The fourth-order valence-electron chi connectivity index (χ4n) is 5.78. The van der Waals surface area contributed by atoms with Crippen LogP contribution in [0.4, 0.5) is 0 Å². The van der Waals surface area contributed by atoms with Crippen molar-refractivity contribution in [1.29, 1.82) is 0 Å². The highest BCUT2D eigenvalue weighted by molar-refractivity contribution is 8.00. The monoisotopic (exact) mass is 384 g/mol. The Bertz CT molecular complexity index is 710. The van der Waals surface area contributed by atoms with Crippen LogP contribution in [0, 0.1) is 17.8 Å². The molecule has 0 radical (unpaired) electrons. The Kier molecular flexibility index (Phi) is 5.31. The lowest BCUT2D eigenvalue weighted by molar-refractivity contribution is -0.124. The summed E-state index contributed by atoms with van der Waals surface area (Å²) in [6, 6.07) is 7.47. The van der Waals surface area contributed by atoms with Crippen LogP contribution in [0.15, 0.2) is 41.8 Å². The molecule has 0 atom stereocenters. The molecule has 4 nitrogen and oxygen atoms in total. The minimum absolute atomic E-state index is 0.0489. The van der Waals surface area contributed by atoms with Gasteiger partial charge in [-0.15, -0.1) is 18.3 Å². The molecule has 1 aromatic rings. The third-order valence-electron chi connectivity index (χ3n) is 6.34. The summed E-state index contributed by atoms with van der Waals surface area (Å²) in [5.74, 6) is 2.78. The number of benzene rings is 1. The first-order valence-corrected chi connectivity index (χ1v) is 11.0. The SMILES string of the molecule is C=CCNC(=O)c1ccccc1SCC(=O)NC12CC3CC(CC(C3)C1)C2. The van der Waals surface area contributed by atoms with E-state index in [9.17, 15) is 9.59 Å². The van der Waals surface area contributed by atoms with Crippen molar-refractivity contribution >= 4 is 23.6 Å². The summed E-state index contributed by atoms with van der Waals surface area (Å²) in [5, 5.41) is 6.21. The van der Waals surface area contributed by atoms with Gasteiger partial charge in [-0.1, -0.05) is 18.2 Å². The first-order valence-electron chi connectivity index (χ1n) is 9.99. The minimum atomic E-state index is -0.125. The first kappa shape index (κ1) is 18.6. The van der Waals surface area contributed by atoms with E-state index in [-0.39, 0.29) is 17.4 Å². The molecule has 27 heavy (non-hydrogen) atoms. The van der Waals surface area contributed by atoms with E-state index < -0.39 is 0 Å². The van der Waals surface area contributed by atoms with Gasteiger partial charge in [0.1, 0.15) is 0 Å². The molecule has 0 spiro atoms. The number of nitrogens with one attached hydrogen (secondary N) is 2. The highest BCUT2D eigenvalue weighted by Crippen LogP contribution is 2.55. The predicted molar refractivity (Wildman–Crippen MR) is 109 cm³/mol. The van der Waals surface area contributed by atoms with Gasteiger partial charge in [0.05, 0.1) is 11.3 Å². The van der Waals surface area contributed by atoms with Crippen LogP contribution in [0.1, 0.15) is 48.9 Å². The maximum atomic E-state index is 12.7. The van der Waals surface area contributed by atoms with Gasteiger partial charge in [-0.2, -0.15) is 0 Å². The van der Waals surface area contributed by atoms with Gasteiger partial charge in [-0.25, -0.2) is 0 Å². The molecule has 4 saturated carbocycles. The summed E-state index contributed by atoms with van der Waals surface area (Å²) < 4.78 is 0. The molecule has 0 aromatic heterocycles. The fourth-order valence-corrected chi connectivity index (χ4v) is 6.63. The average Bonchev–Trinajstić information content (AvgIpc) is 2.63. The molecule has 4 aliphatic carbocycles. The quantitative estimate of drug-likeness (QED) is 0.556. The molecule has 5 heteroatoms. The second-order valence-corrected chi connectivity index (χ2v) is 9.55. The summed E-state index contributed by atoms with van der Waals surface area (Å²) in [6.45, 7) is 4.06. The van der Waals surface area contributed by atoms with Crippen LogP contribution in [0.3, 0.4) is 0 Å². The van der Waals surface area contributed by atoms with Crippen molar-refractivity contribution in [2.45, 2.75) is 49.0 Å². The van der Waals surface area contributed by atoms with Crippen LogP contribution in [-0.2, 0) is 4.79 Å². The number of rotatable bonds is 7. The first-order chi connectivity index (χ1) is 13.1. The van der Waals surface area contributed by atoms with Gasteiger partial charge in [0.2, 0.25) is 5.91 Å². The molecule has 2 N–H and O–H groups in total. The topological polar surface area (TPSA) is 58.2 Å². The molecular formula is C22H28N2O2S. The zero-order chi connectivity index (χ0) is 18.9. The molecular weight excluding hydrogens is 356 g/mol. The number of hydrogen-bond donors (Lipinski definition) is 2. The van der Waals surface area contributed by atoms with Crippen molar-refractivity contribution in [2.24, 2.45) is 17.8 Å².